The van der Waals surface area contributed by atoms with Gasteiger partial charge in [-0.3, -0.25) is 9.59 Å². The molecular formula is C15H19BrFNO3. The third-order valence-electron chi connectivity index (χ3n) is 2.85. The Hall–Kier alpha value is -1.43. The highest BCUT2D eigenvalue weighted by Gasteiger charge is 2.21. The number of rotatable bonds is 6. The van der Waals surface area contributed by atoms with Gasteiger partial charge in [0.15, 0.2) is 0 Å². The summed E-state index contributed by atoms with van der Waals surface area (Å²) in [7, 11) is 1.30. The SMILES string of the molecule is COC(=O)CCN(CC(C)C)C(=O)c1ccc(Br)cc1F. The molecule has 0 N–H and O–H groups in total. The first-order valence-corrected chi connectivity index (χ1v) is 7.45. The first-order chi connectivity index (χ1) is 9.85. The second kappa shape index (κ2) is 8.12. The van der Waals surface area contributed by atoms with Gasteiger partial charge in [-0.15, -0.1) is 0 Å². The molecule has 0 aliphatic heterocycles. The summed E-state index contributed by atoms with van der Waals surface area (Å²) in [5.74, 6) is -1.18. The van der Waals surface area contributed by atoms with Crippen molar-refractivity contribution in [3.8, 4) is 0 Å². The number of ether oxygens (including phenoxy) is 1. The second-order valence-electron chi connectivity index (χ2n) is 5.10. The van der Waals surface area contributed by atoms with Crippen molar-refractivity contribution in [3.63, 3.8) is 0 Å². The molecule has 0 unspecified atom stereocenters. The van der Waals surface area contributed by atoms with Gasteiger partial charge in [-0.05, 0) is 24.1 Å². The minimum atomic E-state index is -0.582. The number of amides is 1. The molecule has 0 aliphatic carbocycles. The average Bonchev–Trinajstić information content (AvgIpc) is 2.42. The fourth-order valence-electron chi connectivity index (χ4n) is 1.88. The Balaban J connectivity index is 2.90. The average molecular weight is 360 g/mol. The molecule has 0 saturated carbocycles. The van der Waals surface area contributed by atoms with Crippen LogP contribution in [0.3, 0.4) is 0 Å². The van der Waals surface area contributed by atoms with Crippen molar-refractivity contribution in [2.45, 2.75) is 20.3 Å². The number of methoxy groups -OCH3 is 1. The fraction of sp³-hybridized carbons (Fsp3) is 0.467. The van der Waals surface area contributed by atoms with Crippen LogP contribution in [-0.4, -0.2) is 37.0 Å². The predicted molar refractivity (Wildman–Crippen MR) is 81.5 cm³/mol. The van der Waals surface area contributed by atoms with E-state index in [4.69, 9.17) is 0 Å². The van der Waals surface area contributed by atoms with E-state index in [0.29, 0.717) is 11.0 Å². The van der Waals surface area contributed by atoms with E-state index in [2.05, 4.69) is 20.7 Å². The van der Waals surface area contributed by atoms with Crippen LogP contribution in [0.25, 0.3) is 0 Å². The smallest absolute Gasteiger partial charge is 0.307 e. The van der Waals surface area contributed by atoms with Gasteiger partial charge in [-0.2, -0.15) is 0 Å². The van der Waals surface area contributed by atoms with Crippen molar-refractivity contribution in [1.29, 1.82) is 0 Å². The highest BCUT2D eigenvalue weighted by molar-refractivity contribution is 9.10. The van der Waals surface area contributed by atoms with Crippen molar-refractivity contribution in [1.82, 2.24) is 4.90 Å². The van der Waals surface area contributed by atoms with E-state index < -0.39 is 17.7 Å². The first-order valence-electron chi connectivity index (χ1n) is 6.66. The monoisotopic (exact) mass is 359 g/mol. The Morgan fingerprint density at radius 3 is 2.57 bits per heavy atom. The summed E-state index contributed by atoms with van der Waals surface area (Å²) in [4.78, 5) is 25.1. The molecule has 0 fully saturated rings. The van der Waals surface area contributed by atoms with Crippen LogP contribution in [-0.2, 0) is 9.53 Å². The third kappa shape index (κ3) is 5.46. The Bertz CT molecular complexity index is 520. The van der Waals surface area contributed by atoms with E-state index >= 15 is 0 Å². The molecule has 1 rings (SSSR count). The highest BCUT2D eigenvalue weighted by Crippen LogP contribution is 2.17. The predicted octanol–water partition coefficient (Wildman–Crippen LogP) is 3.25. The molecule has 1 aromatic carbocycles. The molecule has 116 valence electrons. The fourth-order valence-corrected chi connectivity index (χ4v) is 2.21. The lowest BCUT2D eigenvalue weighted by atomic mass is 10.1. The summed E-state index contributed by atoms with van der Waals surface area (Å²) in [5.41, 5.74) is 0.00344. The zero-order chi connectivity index (χ0) is 16.0. The molecule has 1 aromatic rings. The van der Waals surface area contributed by atoms with Gasteiger partial charge in [-0.25, -0.2) is 4.39 Å². The lowest BCUT2D eigenvalue weighted by molar-refractivity contribution is -0.140. The molecule has 0 aliphatic rings. The minimum Gasteiger partial charge on any atom is -0.469 e. The van der Waals surface area contributed by atoms with Crippen molar-refractivity contribution in [2.24, 2.45) is 5.92 Å². The van der Waals surface area contributed by atoms with Crippen LogP contribution >= 0.6 is 15.9 Å². The van der Waals surface area contributed by atoms with Gasteiger partial charge in [0, 0.05) is 17.6 Å². The van der Waals surface area contributed by atoms with Crippen molar-refractivity contribution < 1.29 is 18.7 Å². The van der Waals surface area contributed by atoms with E-state index in [1.54, 1.807) is 6.07 Å². The van der Waals surface area contributed by atoms with Gasteiger partial charge < -0.3 is 9.64 Å². The van der Waals surface area contributed by atoms with Crippen LogP contribution in [0, 0.1) is 11.7 Å². The van der Waals surface area contributed by atoms with Crippen LogP contribution in [0.2, 0.25) is 0 Å². The summed E-state index contributed by atoms with van der Waals surface area (Å²) in [6.07, 6.45) is 0.0904. The maximum atomic E-state index is 13.9. The van der Waals surface area contributed by atoms with Crippen molar-refractivity contribution in [2.75, 3.05) is 20.2 Å². The quantitative estimate of drug-likeness (QED) is 0.732. The first kappa shape index (κ1) is 17.6. The molecular weight excluding hydrogens is 341 g/mol. The number of hydrogen-bond acceptors (Lipinski definition) is 3. The molecule has 0 heterocycles. The molecule has 1 amide bonds. The molecule has 0 radical (unpaired) electrons. The molecule has 6 heteroatoms. The topological polar surface area (TPSA) is 46.6 Å². The Morgan fingerprint density at radius 1 is 1.38 bits per heavy atom. The van der Waals surface area contributed by atoms with Crippen LogP contribution < -0.4 is 0 Å². The molecule has 0 saturated heterocycles. The molecule has 0 atom stereocenters. The number of benzene rings is 1. The Morgan fingerprint density at radius 2 is 2.05 bits per heavy atom. The number of carbonyl (C=O) groups excluding carboxylic acids is 2. The standard InChI is InChI=1S/C15H19BrFNO3/c1-10(2)9-18(7-6-14(19)21-3)15(20)12-5-4-11(16)8-13(12)17/h4-5,8,10H,6-7,9H2,1-3H3. The summed E-state index contributed by atoms with van der Waals surface area (Å²) in [6.45, 7) is 4.57. The lowest BCUT2D eigenvalue weighted by Gasteiger charge is -2.24. The Labute approximate surface area is 132 Å². The highest BCUT2D eigenvalue weighted by atomic mass is 79.9. The maximum Gasteiger partial charge on any atom is 0.307 e. The normalized spacial score (nSPS) is 10.6. The zero-order valence-corrected chi connectivity index (χ0v) is 13.9. The van der Waals surface area contributed by atoms with Crippen molar-refractivity contribution >= 4 is 27.8 Å². The van der Waals surface area contributed by atoms with E-state index in [9.17, 15) is 14.0 Å². The third-order valence-corrected chi connectivity index (χ3v) is 3.34. The number of halogens is 2. The van der Waals surface area contributed by atoms with Gasteiger partial charge in [-0.1, -0.05) is 29.8 Å². The summed E-state index contributed by atoms with van der Waals surface area (Å²) < 4.78 is 19.0. The number of carbonyl (C=O) groups is 2. The van der Waals surface area contributed by atoms with Crippen molar-refractivity contribution in [3.05, 3.63) is 34.1 Å². The zero-order valence-electron chi connectivity index (χ0n) is 12.4. The van der Waals surface area contributed by atoms with Crippen LogP contribution in [0.5, 0.6) is 0 Å². The molecule has 21 heavy (non-hydrogen) atoms. The van der Waals surface area contributed by atoms with E-state index in [-0.39, 0.29) is 24.4 Å². The van der Waals surface area contributed by atoms with Gasteiger partial charge in [0.2, 0.25) is 0 Å². The van der Waals surface area contributed by atoms with Gasteiger partial charge in [0.25, 0.3) is 5.91 Å². The van der Waals surface area contributed by atoms with E-state index in [1.807, 2.05) is 13.8 Å². The van der Waals surface area contributed by atoms with Gasteiger partial charge >= 0.3 is 5.97 Å². The number of nitrogens with zero attached hydrogens (tertiary/aromatic N) is 1. The van der Waals surface area contributed by atoms with Crippen LogP contribution in [0.15, 0.2) is 22.7 Å². The molecule has 0 bridgehead atoms. The van der Waals surface area contributed by atoms with Crippen LogP contribution in [0.4, 0.5) is 4.39 Å². The molecule has 0 aromatic heterocycles. The van der Waals surface area contributed by atoms with Gasteiger partial charge in [0.1, 0.15) is 5.82 Å². The number of hydrogen-bond donors (Lipinski definition) is 0. The minimum absolute atomic E-state index is 0.00344. The van der Waals surface area contributed by atoms with Crippen LogP contribution in [0.1, 0.15) is 30.6 Å². The largest absolute Gasteiger partial charge is 0.469 e. The Kier molecular flexibility index (Phi) is 6.81. The summed E-state index contributed by atoms with van der Waals surface area (Å²) in [5, 5.41) is 0. The lowest BCUT2D eigenvalue weighted by Crippen LogP contribution is -2.36. The van der Waals surface area contributed by atoms with E-state index in [1.165, 1.54) is 24.1 Å². The summed E-state index contributed by atoms with van der Waals surface area (Å²) in [6, 6.07) is 4.30. The summed E-state index contributed by atoms with van der Waals surface area (Å²) >= 11 is 3.16. The second-order valence-corrected chi connectivity index (χ2v) is 6.01. The number of esters is 1. The van der Waals surface area contributed by atoms with E-state index in [0.717, 1.165) is 0 Å². The van der Waals surface area contributed by atoms with Gasteiger partial charge in [0.05, 0.1) is 19.1 Å². The maximum absolute atomic E-state index is 13.9. The molecule has 4 nitrogen and oxygen atoms in total. The molecule has 0 spiro atoms.